The van der Waals surface area contributed by atoms with Crippen LogP contribution in [0.25, 0.3) is 0 Å². The second-order valence-corrected chi connectivity index (χ2v) is 8.64. The topological polar surface area (TPSA) is 101 Å². The van der Waals surface area contributed by atoms with Crippen molar-refractivity contribution in [3.05, 3.63) is 28.8 Å². The van der Waals surface area contributed by atoms with Gasteiger partial charge in [-0.1, -0.05) is 12.1 Å². The normalized spacial score (nSPS) is 22.5. The molecule has 0 aromatic heterocycles. The summed E-state index contributed by atoms with van der Waals surface area (Å²) in [4.78, 5) is 25.0. The van der Waals surface area contributed by atoms with Crippen LogP contribution in [-0.4, -0.2) is 32.8 Å². The Morgan fingerprint density at radius 2 is 1.96 bits per heavy atom. The zero-order valence-corrected chi connectivity index (χ0v) is 14.9. The van der Waals surface area contributed by atoms with Gasteiger partial charge in [0.05, 0.1) is 22.8 Å². The molecule has 2 aliphatic rings. The summed E-state index contributed by atoms with van der Waals surface area (Å²) < 4.78 is 30.4. The first-order chi connectivity index (χ1) is 11.8. The number of hydrogen-bond acceptors (Lipinski definition) is 6. The lowest BCUT2D eigenvalue weighted by Crippen LogP contribution is -2.27. The van der Waals surface area contributed by atoms with Crippen LogP contribution in [0.1, 0.15) is 46.9 Å². The summed E-state index contributed by atoms with van der Waals surface area (Å²) in [6.45, 7) is 1.55. The zero-order valence-electron chi connectivity index (χ0n) is 14.1. The maximum absolute atomic E-state index is 12.7. The van der Waals surface area contributed by atoms with Crippen LogP contribution in [0.2, 0.25) is 0 Å². The lowest BCUT2D eigenvalue weighted by atomic mass is 9.89. The Labute approximate surface area is 146 Å². The van der Waals surface area contributed by atoms with Crippen molar-refractivity contribution in [2.75, 3.05) is 12.9 Å². The van der Waals surface area contributed by atoms with Gasteiger partial charge in [-0.05, 0) is 37.3 Å². The number of ketones is 2. The highest BCUT2D eigenvalue weighted by molar-refractivity contribution is 7.91. The van der Waals surface area contributed by atoms with Crippen molar-refractivity contribution in [1.82, 2.24) is 0 Å². The van der Waals surface area contributed by atoms with Gasteiger partial charge in [0.15, 0.2) is 27.3 Å². The molecule has 2 atom stereocenters. The number of ether oxygens (including phenoxy) is 1. The first-order valence-electron chi connectivity index (χ1n) is 8.18. The molecule has 0 radical (unpaired) electrons. The van der Waals surface area contributed by atoms with Crippen molar-refractivity contribution in [1.29, 1.82) is 5.26 Å². The number of rotatable bonds is 5. The molecule has 1 aromatic rings. The van der Waals surface area contributed by atoms with Crippen molar-refractivity contribution >= 4 is 21.4 Å². The molecular formula is C18H19NO5S. The van der Waals surface area contributed by atoms with Crippen molar-refractivity contribution in [2.45, 2.75) is 37.2 Å². The Hall–Kier alpha value is -2.04. The van der Waals surface area contributed by atoms with Gasteiger partial charge in [-0.25, -0.2) is 8.42 Å². The third-order valence-electron chi connectivity index (χ3n) is 4.95. The molecule has 0 bridgehead atoms. The van der Waals surface area contributed by atoms with Gasteiger partial charge in [-0.2, -0.15) is 5.26 Å². The minimum atomic E-state index is -3.53. The number of benzene rings is 1. The third kappa shape index (κ3) is 3.00. The van der Waals surface area contributed by atoms with E-state index in [1.165, 1.54) is 13.2 Å². The molecular weight excluding hydrogens is 342 g/mol. The highest BCUT2D eigenvalue weighted by Crippen LogP contribution is 2.38. The van der Waals surface area contributed by atoms with Gasteiger partial charge in [-0.15, -0.1) is 0 Å². The fourth-order valence-electron chi connectivity index (χ4n) is 3.42. The van der Waals surface area contributed by atoms with E-state index in [1.807, 2.05) is 0 Å². The number of methoxy groups -OCH3 is 1. The number of carbonyl (C=O) groups excluding carboxylic acids is 2. The van der Waals surface area contributed by atoms with E-state index in [0.717, 1.165) is 0 Å². The van der Waals surface area contributed by atoms with Crippen molar-refractivity contribution in [3.63, 3.8) is 0 Å². The number of fused-ring (bicyclic) bond motifs is 1. The fourth-order valence-corrected chi connectivity index (χ4v) is 5.28. The summed E-state index contributed by atoms with van der Waals surface area (Å²) in [6, 6.07) is 4.87. The zero-order chi connectivity index (χ0) is 18.4. The van der Waals surface area contributed by atoms with Crippen LogP contribution in [0.4, 0.5) is 0 Å². The Kier molecular flexibility index (Phi) is 4.52. The minimum Gasteiger partial charge on any atom is -0.377 e. The molecule has 0 N–H and O–H groups in total. The Morgan fingerprint density at radius 3 is 2.52 bits per heavy atom. The summed E-state index contributed by atoms with van der Waals surface area (Å²) in [5.74, 6) is -2.61. The molecule has 7 heteroatoms. The maximum Gasteiger partial charge on any atom is 0.187 e. The molecule has 0 spiro atoms. The first kappa shape index (κ1) is 17.8. The Bertz CT molecular complexity index is 893. The summed E-state index contributed by atoms with van der Waals surface area (Å²) in [5.41, 5.74) is 0.956. The number of sulfone groups is 1. The lowest BCUT2D eigenvalue weighted by Gasteiger charge is -2.26. The standard InChI is InChI=1S/C18H19NO5S/c1-10-12(17(21)14(9-19)16(20)11-3-4-11)5-6-13-15(24-2)7-8-25(22,23)18(10)13/h5-6,11,14-15H,3-4,7-8H2,1-2H3. The second-order valence-electron chi connectivity index (χ2n) is 6.59. The number of nitrogens with zero attached hydrogens (tertiary/aromatic N) is 1. The first-order valence-corrected chi connectivity index (χ1v) is 9.83. The quantitative estimate of drug-likeness (QED) is 0.588. The SMILES string of the molecule is COC1CCS(=O)(=O)c2c1ccc(C(=O)C(C#N)C(=O)C1CC1)c2C. The molecule has 2 unspecified atom stereocenters. The van der Waals surface area contributed by atoms with Gasteiger partial charge in [0.25, 0.3) is 0 Å². The molecule has 1 saturated carbocycles. The molecule has 6 nitrogen and oxygen atoms in total. The average molecular weight is 361 g/mol. The van der Waals surface area contributed by atoms with Gasteiger partial charge < -0.3 is 4.74 Å². The number of nitriles is 1. The molecule has 0 amide bonds. The van der Waals surface area contributed by atoms with Crippen LogP contribution in [0.5, 0.6) is 0 Å². The summed E-state index contributed by atoms with van der Waals surface area (Å²) in [6.07, 6.45) is 1.43. The van der Waals surface area contributed by atoms with Gasteiger partial charge in [0.1, 0.15) is 0 Å². The summed E-state index contributed by atoms with van der Waals surface area (Å²) in [7, 11) is -2.01. The van der Waals surface area contributed by atoms with Crippen LogP contribution >= 0.6 is 0 Å². The van der Waals surface area contributed by atoms with Crippen molar-refractivity contribution < 1.29 is 22.7 Å². The van der Waals surface area contributed by atoms with Crippen LogP contribution in [-0.2, 0) is 19.4 Å². The van der Waals surface area contributed by atoms with E-state index >= 15 is 0 Å². The molecule has 3 rings (SSSR count). The van der Waals surface area contributed by atoms with E-state index in [9.17, 15) is 23.3 Å². The van der Waals surface area contributed by atoms with Crippen LogP contribution in [0.3, 0.4) is 0 Å². The fraction of sp³-hybridized carbons (Fsp3) is 0.500. The molecule has 132 valence electrons. The Balaban J connectivity index is 2.08. The smallest absolute Gasteiger partial charge is 0.187 e. The molecule has 25 heavy (non-hydrogen) atoms. The highest BCUT2D eigenvalue weighted by atomic mass is 32.2. The van der Waals surface area contributed by atoms with Crippen molar-refractivity contribution in [2.24, 2.45) is 11.8 Å². The average Bonchev–Trinajstić information content (AvgIpc) is 3.40. The van der Waals surface area contributed by atoms with Gasteiger partial charge in [0, 0.05) is 18.6 Å². The molecule has 1 aliphatic carbocycles. The monoisotopic (exact) mass is 361 g/mol. The highest BCUT2D eigenvalue weighted by Gasteiger charge is 2.40. The van der Waals surface area contributed by atoms with E-state index in [2.05, 4.69) is 0 Å². The number of Topliss-reactive ketones (excluding diaryl/α,β-unsaturated/α-hetero) is 2. The number of carbonyl (C=O) groups is 2. The predicted molar refractivity (Wildman–Crippen MR) is 88.8 cm³/mol. The lowest BCUT2D eigenvalue weighted by molar-refractivity contribution is -0.121. The molecule has 1 aromatic carbocycles. The molecule has 1 heterocycles. The van der Waals surface area contributed by atoms with Crippen LogP contribution in [0, 0.1) is 30.1 Å². The van der Waals surface area contributed by atoms with E-state index < -0.39 is 21.5 Å². The van der Waals surface area contributed by atoms with Crippen LogP contribution in [0.15, 0.2) is 17.0 Å². The van der Waals surface area contributed by atoms with Gasteiger partial charge in [0.2, 0.25) is 0 Å². The Morgan fingerprint density at radius 1 is 1.28 bits per heavy atom. The van der Waals surface area contributed by atoms with E-state index in [0.29, 0.717) is 30.4 Å². The van der Waals surface area contributed by atoms with Crippen LogP contribution < -0.4 is 0 Å². The number of hydrogen-bond donors (Lipinski definition) is 0. The second kappa shape index (κ2) is 6.36. The molecule has 0 saturated heterocycles. The third-order valence-corrected chi connectivity index (χ3v) is 6.89. The molecule has 1 aliphatic heterocycles. The minimum absolute atomic E-state index is 0.0559. The van der Waals surface area contributed by atoms with E-state index in [-0.39, 0.29) is 34.0 Å². The van der Waals surface area contributed by atoms with Gasteiger partial charge >= 0.3 is 0 Å². The maximum atomic E-state index is 12.7. The summed E-state index contributed by atoms with van der Waals surface area (Å²) >= 11 is 0. The van der Waals surface area contributed by atoms with E-state index in [4.69, 9.17) is 4.74 Å². The van der Waals surface area contributed by atoms with Crippen molar-refractivity contribution in [3.8, 4) is 6.07 Å². The largest absolute Gasteiger partial charge is 0.377 e. The van der Waals surface area contributed by atoms with E-state index in [1.54, 1.807) is 19.1 Å². The van der Waals surface area contributed by atoms with Gasteiger partial charge in [-0.3, -0.25) is 9.59 Å². The molecule has 1 fully saturated rings. The predicted octanol–water partition coefficient (Wildman–Crippen LogP) is 2.16. The summed E-state index contributed by atoms with van der Waals surface area (Å²) in [5, 5.41) is 9.29.